The lowest BCUT2D eigenvalue weighted by atomic mass is 10.1. The van der Waals surface area contributed by atoms with E-state index >= 15 is 0 Å². The number of nitrogens with zero attached hydrogens (tertiary/aromatic N) is 2. The number of likely N-dealkylation sites (N-methyl/N-ethyl adjacent to an activating group) is 2. The van der Waals surface area contributed by atoms with Crippen molar-refractivity contribution in [1.82, 2.24) is 9.80 Å². The fraction of sp³-hybridized carbons (Fsp3) is 0.571. The molecule has 19 heavy (non-hydrogen) atoms. The fourth-order valence-electron chi connectivity index (χ4n) is 2.17. The first-order valence-corrected chi connectivity index (χ1v) is 6.40. The molecule has 0 aromatic heterocycles. The summed E-state index contributed by atoms with van der Waals surface area (Å²) in [6, 6.07) is 2.65. The van der Waals surface area contributed by atoms with Gasteiger partial charge in [-0.15, -0.1) is 0 Å². The Labute approximate surface area is 113 Å². The summed E-state index contributed by atoms with van der Waals surface area (Å²) in [6.07, 6.45) is 0. The van der Waals surface area contributed by atoms with E-state index in [0.29, 0.717) is 12.1 Å². The molecule has 0 saturated carbocycles. The predicted molar refractivity (Wildman–Crippen MR) is 72.1 cm³/mol. The Morgan fingerprint density at radius 2 is 1.74 bits per heavy atom. The van der Waals surface area contributed by atoms with Crippen molar-refractivity contribution < 1.29 is 13.9 Å². The average molecular weight is 272 g/mol. The van der Waals surface area contributed by atoms with Crippen LogP contribution in [-0.4, -0.2) is 48.1 Å². The number of hydrogen-bond acceptors (Lipinski definition) is 3. The topological polar surface area (TPSA) is 26.7 Å². The number of hydrogen-bond donors (Lipinski definition) is 1. The van der Waals surface area contributed by atoms with Gasteiger partial charge in [0, 0.05) is 19.1 Å². The molecule has 0 aliphatic carbocycles. The summed E-state index contributed by atoms with van der Waals surface area (Å²) < 4.78 is 26.6. The van der Waals surface area contributed by atoms with Crippen LogP contribution in [0, 0.1) is 11.6 Å². The van der Waals surface area contributed by atoms with Gasteiger partial charge in [0.2, 0.25) is 0 Å². The van der Waals surface area contributed by atoms with Gasteiger partial charge < -0.3 is 10.0 Å². The maximum absolute atomic E-state index is 13.3. The molecule has 0 saturated heterocycles. The largest absolute Gasteiger partial charge is 0.503 e. The molecule has 0 heterocycles. The van der Waals surface area contributed by atoms with Crippen LogP contribution in [0.25, 0.3) is 0 Å². The van der Waals surface area contributed by atoms with E-state index in [0.717, 1.165) is 13.1 Å². The van der Waals surface area contributed by atoms with E-state index in [4.69, 9.17) is 5.11 Å². The van der Waals surface area contributed by atoms with E-state index < -0.39 is 17.4 Å². The minimum atomic E-state index is -0.911. The lowest BCUT2D eigenvalue weighted by Crippen LogP contribution is -2.39. The van der Waals surface area contributed by atoms with E-state index in [9.17, 15) is 8.78 Å². The van der Waals surface area contributed by atoms with E-state index in [2.05, 4.69) is 16.7 Å². The minimum Gasteiger partial charge on any atom is -0.503 e. The molecular formula is C14H22F2N2O. The highest BCUT2D eigenvalue weighted by Gasteiger charge is 2.16. The Balaban J connectivity index is 2.81. The van der Waals surface area contributed by atoms with Gasteiger partial charge in [-0.3, -0.25) is 4.90 Å². The predicted octanol–water partition coefficient (Wildman–Crippen LogP) is 2.44. The third-order valence-corrected chi connectivity index (χ3v) is 3.12. The van der Waals surface area contributed by atoms with E-state index in [1.54, 1.807) is 0 Å². The monoisotopic (exact) mass is 272 g/mol. The number of aromatic hydroxyl groups is 1. The first-order valence-electron chi connectivity index (χ1n) is 6.40. The Bertz CT molecular complexity index is 401. The normalized spacial score (nSPS) is 13.3. The molecule has 1 unspecified atom stereocenters. The van der Waals surface area contributed by atoms with Crippen LogP contribution < -0.4 is 0 Å². The Morgan fingerprint density at radius 1 is 1.21 bits per heavy atom. The zero-order valence-electron chi connectivity index (χ0n) is 12.0. The summed E-state index contributed by atoms with van der Waals surface area (Å²) in [6.45, 7) is 6.21. The second-order valence-electron chi connectivity index (χ2n) is 5.08. The first-order chi connectivity index (χ1) is 8.85. The maximum Gasteiger partial charge on any atom is 0.187 e. The van der Waals surface area contributed by atoms with Crippen LogP contribution >= 0.6 is 0 Å². The van der Waals surface area contributed by atoms with Gasteiger partial charge in [-0.25, -0.2) is 8.78 Å². The van der Waals surface area contributed by atoms with Crippen molar-refractivity contribution in [2.24, 2.45) is 0 Å². The van der Waals surface area contributed by atoms with Gasteiger partial charge in [0.25, 0.3) is 0 Å². The molecule has 0 bridgehead atoms. The SMILES string of the molecule is CCN(Cc1cc(F)c(O)c(F)c1)C(C)CN(C)C. The van der Waals surface area contributed by atoms with Gasteiger partial charge in [-0.05, 0) is 45.3 Å². The van der Waals surface area contributed by atoms with Gasteiger partial charge in [-0.1, -0.05) is 6.92 Å². The highest BCUT2D eigenvalue weighted by molar-refractivity contribution is 5.30. The zero-order chi connectivity index (χ0) is 14.6. The standard InChI is InChI=1S/C14H22F2N2O/c1-5-18(10(2)8-17(3)4)9-11-6-12(15)14(19)13(16)7-11/h6-7,10,19H,5,8-9H2,1-4H3. The van der Waals surface area contributed by atoms with Crippen molar-refractivity contribution in [1.29, 1.82) is 0 Å². The van der Waals surface area contributed by atoms with Crippen molar-refractivity contribution in [2.45, 2.75) is 26.4 Å². The summed E-state index contributed by atoms with van der Waals surface area (Å²) in [5.41, 5.74) is 0.528. The highest BCUT2D eigenvalue weighted by Crippen LogP contribution is 2.22. The minimum absolute atomic E-state index is 0.278. The molecular weight excluding hydrogens is 250 g/mol. The molecule has 1 atom stereocenters. The van der Waals surface area contributed by atoms with Crippen molar-refractivity contribution in [3.63, 3.8) is 0 Å². The number of rotatable bonds is 6. The van der Waals surface area contributed by atoms with Crippen LogP contribution in [0.2, 0.25) is 0 Å². The van der Waals surface area contributed by atoms with Gasteiger partial charge in [0.15, 0.2) is 17.4 Å². The summed E-state index contributed by atoms with van der Waals surface area (Å²) in [5.74, 6) is -2.73. The third kappa shape index (κ3) is 4.44. The molecule has 0 fully saturated rings. The smallest absolute Gasteiger partial charge is 0.187 e. The number of phenolic OH excluding ortho intramolecular Hbond substituents is 1. The molecule has 0 aliphatic rings. The van der Waals surface area contributed by atoms with Crippen LogP contribution in [-0.2, 0) is 6.54 Å². The van der Waals surface area contributed by atoms with Crippen molar-refractivity contribution >= 4 is 0 Å². The Hall–Kier alpha value is -1.20. The lowest BCUT2D eigenvalue weighted by Gasteiger charge is -2.30. The third-order valence-electron chi connectivity index (χ3n) is 3.12. The highest BCUT2D eigenvalue weighted by atomic mass is 19.1. The number of phenols is 1. The van der Waals surface area contributed by atoms with Gasteiger partial charge in [-0.2, -0.15) is 0 Å². The Morgan fingerprint density at radius 3 is 2.16 bits per heavy atom. The second kappa shape index (κ2) is 6.82. The van der Waals surface area contributed by atoms with Crippen LogP contribution in [0.3, 0.4) is 0 Å². The fourth-order valence-corrected chi connectivity index (χ4v) is 2.17. The molecule has 0 radical (unpaired) electrons. The maximum atomic E-state index is 13.3. The van der Waals surface area contributed by atoms with Gasteiger partial charge >= 0.3 is 0 Å². The molecule has 1 rings (SSSR count). The molecule has 0 amide bonds. The molecule has 1 aromatic rings. The summed E-state index contributed by atoms with van der Waals surface area (Å²) in [4.78, 5) is 4.20. The quantitative estimate of drug-likeness (QED) is 0.861. The molecule has 3 nitrogen and oxygen atoms in total. The molecule has 1 N–H and O–H groups in total. The van der Waals surface area contributed by atoms with Crippen molar-refractivity contribution in [3.05, 3.63) is 29.3 Å². The van der Waals surface area contributed by atoms with Crippen molar-refractivity contribution in [2.75, 3.05) is 27.2 Å². The average Bonchev–Trinajstić information content (AvgIpc) is 2.31. The van der Waals surface area contributed by atoms with Crippen molar-refractivity contribution in [3.8, 4) is 5.75 Å². The number of halogens is 2. The first kappa shape index (κ1) is 15.9. The second-order valence-corrected chi connectivity index (χ2v) is 5.08. The van der Waals surface area contributed by atoms with E-state index in [1.807, 2.05) is 21.0 Å². The van der Waals surface area contributed by atoms with Crippen LogP contribution in [0.15, 0.2) is 12.1 Å². The lowest BCUT2D eigenvalue weighted by molar-refractivity contribution is 0.174. The van der Waals surface area contributed by atoms with Crippen LogP contribution in [0.4, 0.5) is 8.78 Å². The van der Waals surface area contributed by atoms with Crippen LogP contribution in [0.1, 0.15) is 19.4 Å². The molecule has 0 spiro atoms. The van der Waals surface area contributed by atoms with Gasteiger partial charge in [0.1, 0.15) is 0 Å². The van der Waals surface area contributed by atoms with Crippen LogP contribution in [0.5, 0.6) is 5.75 Å². The molecule has 5 heteroatoms. The number of benzene rings is 1. The van der Waals surface area contributed by atoms with Gasteiger partial charge in [0.05, 0.1) is 0 Å². The van der Waals surface area contributed by atoms with E-state index in [1.165, 1.54) is 12.1 Å². The summed E-state index contributed by atoms with van der Waals surface area (Å²) in [7, 11) is 3.98. The zero-order valence-corrected chi connectivity index (χ0v) is 12.0. The molecule has 1 aromatic carbocycles. The molecule has 108 valence electrons. The molecule has 0 aliphatic heterocycles. The summed E-state index contributed by atoms with van der Waals surface area (Å²) >= 11 is 0. The van der Waals surface area contributed by atoms with E-state index in [-0.39, 0.29) is 6.04 Å². The summed E-state index contributed by atoms with van der Waals surface area (Å²) in [5, 5.41) is 9.08. The Kier molecular flexibility index (Phi) is 5.69.